The Bertz CT molecular complexity index is 1500. The van der Waals surface area contributed by atoms with Gasteiger partial charge in [0.2, 0.25) is 5.91 Å². The number of methoxy groups -OCH3 is 1. The number of hydrogen-bond acceptors (Lipinski definition) is 10. The number of amides is 1. The normalized spacial score (nSPS) is 19.2. The van der Waals surface area contributed by atoms with Gasteiger partial charge in [-0.25, -0.2) is 19.4 Å². The number of hydrogen-bond donors (Lipinski definition) is 2. The number of rotatable bonds is 9. The van der Waals surface area contributed by atoms with Gasteiger partial charge in [0.1, 0.15) is 23.7 Å². The van der Waals surface area contributed by atoms with Gasteiger partial charge in [-0.1, -0.05) is 30.3 Å². The molecule has 1 aromatic heterocycles. The summed E-state index contributed by atoms with van der Waals surface area (Å²) in [6.07, 6.45) is 3.20. The third kappa shape index (κ3) is 6.09. The van der Waals surface area contributed by atoms with Gasteiger partial charge < -0.3 is 25.0 Å². The van der Waals surface area contributed by atoms with Gasteiger partial charge in [0.15, 0.2) is 5.82 Å². The van der Waals surface area contributed by atoms with Crippen LogP contribution in [0.5, 0.6) is 5.75 Å². The number of carbonyl (C=O) groups excluding carboxylic acids is 1. The second-order valence-electron chi connectivity index (χ2n) is 10.5. The van der Waals surface area contributed by atoms with E-state index in [0.29, 0.717) is 53.4 Å². The molecular weight excluding hydrogens is 577 g/mol. The lowest BCUT2D eigenvalue weighted by atomic mass is 10.0. The topological polar surface area (TPSA) is 104 Å². The van der Waals surface area contributed by atoms with Crippen molar-refractivity contribution in [2.24, 2.45) is 0 Å². The molecule has 2 aromatic carbocycles. The minimum absolute atomic E-state index is 0.0547. The van der Waals surface area contributed by atoms with Gasteiger partial charge in [0, 0.05) is 50.3 Å². The Morgan fingerprint density at radius 1 is 1.16 bits per heavy atom. The Morgan fingerprint density at radius 2 is 1.98 bits per heavy atom. The largest absolute Gasteiger partial charge is 0.494 e. The van der Waals surface area contributed by atoms with Crippen LogP contribution in [0.25, 0.3) is 0 Å². The molecule has 3 aliphatic rings. The molecule has 3 fully saturated rings. The van der Waals surface area contributed by atoms with Crippen molar-refractivity contribution in [1.82, 2.24) is 14.9 Å². The first kappa shape index (κ1) is 29.1. The summed E-state index contributed by atoms with van der Waals surface area (Å²) < 4.78 is 26.0. The van der Waals surface area contributed by atoms with Gasteiger partial charge in [0.05, 0.1) is 61.1 Å². The number of nitrogens with one attached hydrogen (secondary N) is 2. The summed E-state index contributed by atoms with van der Waals surface area (Å²) >= 11 is 6.05. The smallest absolute Gasteiger partial charge is 0.247 e. The maximum absolute atomic E-state index is 14.9. The van der Waals surface area contributed by atoms with Gasteiger partial charge in [-0.3, -0.25) is 14.5 Å². The highest BCUT2D eigenvalue weighted by Gasteiger charge is 2.32. The first-order valence-electron chi connectivity index (χ1n) is 14.1. The highest BCUT2D eigenvalue weighted by molar-refractivity contribution is 6.30. The van der Waals surface area contributed by atoms with Crippen LogP contribution < -0.4 is 25.3 Å². The predicted molar refractivity (Wildman–Crippen MR) is 163 cm³/mol. The monoisotopic (exact) mass is 609 g/mol. The number of aromatic nitrogens is 2. The summed E-state index contributed by atoms with van der Waals surface area (Å²) in [4.78, 5) is 31.7. The van der Waals surface area contributed by atoms with E-state index in [4.69, 9.17) is 25.9 Å². The van der Waals surface area contributed by atoms with Crippen molar-refractivity contribution in [3.63, 3.8) is 0 Å². The summed E-state index contributed by atoms with van der Waals surface area (Å²) in [7, 11) is 1.59. The number of hydroxylamine groups is 1. The number of halogens is 2. The Balaban J connectivity index is 1.26. The Kier molecular flexibility index (Phi) is 8.61. The standard InChI is InChI=1S/C30H33ClFN7O4/c1-3-29(40)36-22-13-23(26(41-2)14-25(22)38-10-8-37(9-11-38)19-16-42-17-19)35-27-15-28(34-18-33-27)39-24(7-12-43-39)20-5-4-6-21(31)30(20)32/h3-6,13-15,18-19,24H,1,7-12,16-17H2,2H3,(H,36,40)(H,33,34,35)/t24-/m1/s1. The second kappa shape index (κ2) is 12.7. The van der Waals surface area contributed by atoms with Crippen LogP contribution in [0.4, 0.5) is 33.1 Å². The van der Waals surface area contributed by atoms with Gasteiger partial charge in [-0.05, 0) is 18.2 Å². The highest BCUT2D eigenvalue weighted by Crippen LogP contribution is 2.40. The first-order chi connectivity index (χ1) is 20.9. The Labute approximate surface area is 254 Å². The molecule has 3 saturated heterocycles. The van der Waals surface area contributed by atoms with Crippen molar-refractivity contribution in [1.29, 1.82) is 0 Å². The molecule has 0 aliphatic carbocycles. The van der Waals surface area contributed by atoms with E-state index < -0.39 is 11.9 Å². The molecule has 0 unspecified atom stereocenters. The minimum atomic E-state index is -0.477. The number of ether oxygens (including phenoxy) is 2. The number of nitrogens with zero attached hydrogens (tertiary/aromatic N) is 5. The number of carbonyl (C=O) groups is 1. The zero-order chi connectivity index (χ0) is 29.9. The summed E-state index contributed by atoms with van der Waals surface area (Å²) in [5.74, 6) is 0.670. The Morgan fingerprint density at radius 3 is 2.70 bits per heavy atom. The highest BCUT2D eigenvalue weighted by atomic mass is 35.5. The van der Waals surface area contributed by atoms with Crippen LogP contribution in [0, 0.1) is 5.82 Å². The summed E-state index contributed by atoms with van der Waals surface area (Å²) in [5.41, 5.74) is 2.48. The van der Waals surface area contributed by atoms with Crippen LogP contribution in [0.15, 0.2) is 55.4 Å². The molecule has 1 amide bonds. The molecule has 2 N–H and O–H groups in total. The van der Waals surface area contributed by atoms with Crippen molar-refractivity contribution in [3.05, 3.63) is 71.8 Å². The van der Waals surface area contributed by atoms with Crippen LogP contribution >= 0.6 is 11.6 Å². The van der Waals surface area contributed by atoms with Crippen LogP contribution in [0.2, 0.25) is 5.02 Å². The predicted octanol–water partition coefficient (Wildman–Crippen LogP) is 4.55. The van der Waals surface area contributed by atoms with Crippen molar-refractivity contribution >= 4 is 46.2 Å². The molecular formula is C30H33ClFN7O4. The average Bonchev–Trinajstić information content (AvgIpc) is 3.48. The molecule has 0 radical (unpaired) electrons. The zero-order valence-corrected chi connectivity index (χ0v) is 24.5. The fourth-order valence-electron chi connectivity index (χ4n) is 5.57. The maximum atomic E-state index is 14.9. The van der Waals surface area contributed by atoms with Gasteiger partial charge >= 0.3 is 0 Å². The fourth-order valence-corrected chi connectivity index (χ4v) is 5.75. The summed E-state index contributed by atoms with van der Waals surface area (Å²) in [6.45, 7) is 8.94. The minimum Gasteiger partial charge on any atom is -0.494 e. The number of benzene rings is 2. The molecule has 3 aliphatic heterocycles. The molecule has 226 valence electrons. The van der Waals surface area contributed by atoms with Crippen molar-refractivity contribution in [2.75, 3.05) is 73.7 Å². The van der Waals surface area contributed by atoms with Crippen molar-refractivity contribution < 1.29 is 23.5 Å². The van der Waals surface area contributed by atoms with Gasteiger partial charge in [-0.15, -0.1) is 0 Å². The lowest BCUT2D eigenvalue weighted by Crippen LogP contribution is -2.56. The van der Waals surface area contributed by atoms with Crippen LogP contribution in [0.1, 0.15) is 18.0 Å². The van der Waals surface area contributed by atoms with Crippen molar-refractivity contribution in [3.8, 4) is 5.75 Å². The van der Waals surface area contributed by atoms with E-state index in [2.05, 4.69) is 37.0 Å². The number of piperazine rings is 1. The molecule has 43 heavy (non-hydrogen) atoms. The van der Waals surface area contributed by atoms with Crippen LogP contribution in [-0.4, -0.2) is 79.9 Å². The molecule has 13 heteroatoms. The maximum Gasteiger partial charge on any atom is 0.247 e. The van der Waals surface area contributed by atoms with E-state index in [1.54, 1.807) is 30.4 Å². The van der Waals surface area contributed by atoms with Gasteiger partial charge in [0.25, 0.3) is 0 Å². The fraction of sp³-hybridized carbons (Fsp3) is 0.367. The van der Waals surface area contributed by atoms with Gasteiger partial charge in [-0.2, -0.15) is 0 Å². The summed E-state index contributed by atoms with van der Waals surface area (Å²) in [6, 6.07) is 10.4. The molecule has 0 saturated carbocycles. The molecule has 1 atom stereocenters. The van der Waals surface area contributed by atoms with E-state index in [9.17, 15) is 9.18 Å². The van der Waals surface area contributed by atoms with Crippen molar-refractivity contribution in [2.45, 2.75) is 18.5 Å². The van der Waals surface area contributed by atoms with E-state index in [0.717, 1.165) is 45.1 Å². The quantitative estimate of drug-likeness (QED) is 0.336. The third-order valence-corrected chi connectivity index (χ3v) is 8.23. The lowest BCUT2D eigenvalue weighted by Gasteiger charge is -2.43. The zero-order valence-electron chi connectivity index (χ0n) is 23.8. The SMILES string of the molecule is C=CC(=O)Nc1cc(Nc2cc(N3OCC[C@@H]3c3cccc(Cl)c3F)ncn2)c(OC)cc1N1CCN(C2COC2)CC1. The van der Waals surface area contributed by atoms with Crippen LogP contribution in [-0.2, 0) is 14.4 Å². The lowest BCUT2D eigenvalue weighted by molar-refractivity contribution is -0.111. The first-order valence-corrected chi connectivity index (χ1v) is 14.5. The van der Waals surface area contributed by atoms with E-state index in [-0.39, 0.29) is 10.9 Å². The molecule has 6 rings (SSSR count). The molecule has 0 spiro atoms. The molecule has 0 bridgehead atoms. The summed E-state index contributed by atoms with van der Waals surface area (Å²) in [5, 5.41) is 7.87. The van der Waals surface area contributed by atoms with E-state index in [1.165, 1.54) is 18.5 Å². The molecule has 4 heterocycles. The third-order valence-electron chi connectivity index (χ3n) is 7.94. The number of anilines is 5. The molecule has 11 nitrogen and oxygen atoms in total. The van der Waals surface area contributed by atoms with E-state index >= 15 is 0 Å². The average molecular weight is 610 g/mol. The molecule has 3 aromatic rings. The van der Waals surface area contributed by atoms with Crippen LogP contribution in [0.3, 0.4) is 0 Å². The second-order valence-corrected chi connectivity index (χ2v) is 10.9. The van der Waals surface area contributed by atoms with E-state index in [1.807, 2.05) is 12.1 Å². The Hall–Kier alpha value is -3.97.